The minimum atomic E-state index is 0.352. The van der Waals surface area contributed by atoms with Gasteiger partial charge in [0.15, 0.2) is 11.5 Å². The van der Waals surface area contributed by atoms with Crippen molar-refractivity contribution in [3.8, 4) is 0 Å². The zero-order valence-corrected chi connectivity index (χ0v) is 16.5. The zero-order valence-electron chi connectivity index (χ0n) is 16.5. The van der Waals surface area contributed by atoms with Crippen molar-refractivity contribution in [3.05, 3.63) is 47.1 Å². The second-order valence-electron chi connectivity index (χ2n) is 8.28. The molecule has 3 aliphatic rings. The SMILES string of the molecule is CC1CC(C)CN(c2cc(CNCC3=C4OCOC4=CCCC3)ccn2)C1. The van der Waals surface area contributed by atoms with Crippen LogP contribution in [0.3, 0.4) is 0 Å². The van der Waals surface area contributed by atoms with Gasteiger partial charge < -0.3 is 19.7 Å². The average molecular weight is 370 g/mol. The fraction of sp³-hybridized carbons (Fsp3) is 0.591. The minimum Gasteiger partial charge on any atom is -0.454 e. The molecule has 2 fully saturated rings. The van der Waals surface area contributed by atoms with E-state index in [0.717, 1.165) is 74.6 Å². The van der Waals surface area contributed by atoms with Crippen LogP contribution in [0.5, 0.6) is 0 Å². The van der Waals surface area contributed by atoms with Gasteiger partial charge in [-0.1, -0.05) is 13.8 Å². The lowest BCUT2D eigenvalue weighted by molar-refractivity contribution is 0.0961. The molecule has 0 aromatic carbocycles. The third-order valence-corrected chi connectivity index (χ3v) is 5.65. The Hall–Kier alpha value is -2.01. The third-order valence-electron chi connectivity index (χ3n) is 5.65. The molecule has 4 rings (SSSR count). The van der Waals surface area contributed by atoms with E-state index in [9.17, 15) is 0 Å². The van der Waals surface area contributed by atoms with Crippen LogP contribution < -0.4 is 10.2 Å². The number of fused-ring (bicyclic) bond motifs is 1. The first-order valence-corrected chi connectivity index (χ1v) is 10.3. The molecule has 1 aromatic rings. The molecule has 3 heterocycles. The summed E-state index contributed by atoms with van der Waals surface area (Å²) in [4.78, 5) is 7.07. The van der Waals surface area contributed by atoms with Gasteiger partial charge in [0.2, 0.25) is 6.79 Å². The van der Waals surface area contributed by atoms with Crippen LogP contribution in [0, 0.1) is 11.8 Å². The number of nitrogens with zero attached hydrogens (tertiary/aromatic N) is 2. The Bertz CT molecular complexity index is 718. The minimum absolute atomic E-state index is 0.352. The molecule has 0 saturated carbocycles. The summed E-state index contributed by atoms with van der Waals surface area (Å²) in [5.41, 5.74) is 2.61. The Morgan fingerprint density at radius 1 is 1.19 bits per heavy atom. The molecule has 146 valence electrons. The van der Waals surface area contributed by atoms with E-state index in [4.69, 9.17) is 9.47 Å². The van der Waals surface area contributed by atoms with Crippen LogP contribution >= 0.6 is 0 Å². The lowest BCUT2D eigenvalue weighted by Gasteiger charge is -2.36. The molecule has 2 atom stereocenters. The highest BCUT2D eigenvalue weighted by Crippen LogP contribution is 2.30. The molecular formula is C22H31N3O2. The van der Waals surface area contributed by atoms with Gasteiger partial charge in [-0.3, -0.25) is 0 Å². The van der Waals surface area contributed by atoms with Gasteiger partial charge in [0.05, 0.1) is 0 Å². The molecule has 0 radical (unpaired) electrons. The second-order valence-corrected chi connectivity index (χ2v) is 8.28. The van der Waals surface area contributed by atoms with Crippen molar-refractivity contribution in [1.82, 2.24) is 10.3 Å². The molecule has 2 saturated heterocycles. The van der Waals surface area contributed by atoms with Gasteiger partial charge in [-0.15, -0.1) is 0 Å². The largest absolute Gasteiger partial charge is 0.454 e. The van der Waals surface area contributed by atoms with Crippen LogP contribution in [0.25, 0.3) is 0 Å². The van der Waals surface area contributed by atoms with Crippen molar-refractivity contribution in [2.45, 2.75) is 46.1 Å². The Kier molecular flexibility index (Phi) is 5.67. The molecule has 1 aromatic heterocycles. The number of aromatic nitrogens is 1. The van der Waals surface area contributed by atoms with Crippen molar-refractivity contribution < 1.29 is 9.47 Å². The molecule has 2 unspecified atom stereocenters. The van der Waals surface area contributed by atoms with E-state index >= 15 is 0 Å². The molecular weight excluding hydrogens is 338 g/mol. The number of anilines is 1. The van der Waals surface area contributed by atoms with Crippen molar-refractivity contribution in [1.29, 1.82) is 0 Å². The topological polar surface area (TPSA) is 46.6 Å². The van der Waals surface area contributed by atoms with Crippen LogP contribution in [0.4, 0.5) is 5.82 Å². The molecule has 2 aliphatic heterocycles. The lowest BCUT2D eigenvalue weighted by atomic mass is 9.92. The number of nitrogens with one attached hydrogen (secondary N) is 1. The van der Waals surface area contributed by atoms with Crippen molar-refractivity contribution >= 4 is 5.82 Å². The van der Waals surface area contributed by atoms with E-state index in [1.165, 1.54) is 17.6 Å². The van der Waals surface area contributed by atoms with Gasteiger partial charge in [0.1, 0.15) is 5.82 Å². The maximum atomic E-state index is 5.70. The van der Waals surface area contributed by atoms with E-state index in [-0.39, 0.29) is 0 Å². The Morgan fingerprint density at radius 2 is 2.04 bits per heavy atom. The standard InChI is InChI=1S/C22H31N3O2/c1-16-9-17(2)14-25(13-16)21-10-18(7-8-24-21)11-23-12-19-5-3-4-6-20-22(19)27-15-26-20/h6-8,10,16-17,23H,3-5,9,11-15H2,1-2H3. The van der Waals surface area contributed by atoms with Crippen molar-refractivity contribution in [3.63, 3.8) is 0 Å². The summed E-state index contributed by atoms with van der Waals surface area (Å²) in [5.74, 6) is 4.48. The number of ether oxygens (including phenoxy) is 2. The average Bonchev–Trinajstić information content (AvgIpc) is 3.03. The molecule has 0 bridgehead atoms. The maximum Gasteiger partial charge on any atom is 0.231 e. The maximum absolute atomic E-state index is 5.70. The summed E-state index contributed by atoms with van der Waals surface area (Å²) in [5, 5.41) is 3.59. The van der Waals surface area contributed by atoms with Crippen LogP contribution in [0.15, 0.2) is 41.5 Å². The summed E-state index contributed by atoms with van der Waals surface area (Å²) >= 11 is 0. The zero-order chi connectivity index (χ0) is 18.6. The number of pyridine rings is 1. The highest BCUT2D eigenvalue weighted by Gasteiger charge is 2.24. The summed E-state index contributed by atoms with van der Waals surface area (Å²) in [7, 11) is 0. The number of hydrogen-bond donors (Lipinski definition) is 1. The lowest BCUT2D eigenvalue weighted by Crippen LogP contribution is -2.39. The predicted octanol–water partition coefficient (Wildman–Crippen LogP) is 3.98. The molecule has 5 heteroatoms. The van der Waals surface area contributed by atoms with Crippen LogP contribution in [-0.2, 0) is 16.0 Å². The van der Waals surface area contributed by atoms with Crippen LogP contribution in [0.2, 0.25) is 0 Å². The van der Waals surface area contributed by atoms with E-state index < -0.39 is 0 Å². The van der Waals surface area contributed by atoms with Gasteiger partial charge in [0, 0.05) is 32.4 Å². The number of hydrogen-bond acceptors (Lipinski definition) is 5. The fourth-order valence-corrected chi connectivity index (χ4v) is 4.50. The highest BCUT2D eigenvalue weighted by molar-refractivity contribution is 5.41. The van der Waals surface area contributed by atoms with Crippen LogP contribution in [-0.4, -0.2) is 31.4 Å². The van der Waals surface area contributed by atoms with Gasteiger partial charge in [-0.2, -0.15) is 0 Å². The summed E-state index contributed by atoms with van der Waals surface area (Å²) in [6.07, 6.45) is 8.70. The number of allylic oxidation sites excluding steroid dienone is 1. The second kappa shape index (κ2) is 8.34. The van der Waals surface area contributed by atoms with E-state index in [0.29, 0.717) is 6.79 Å². The predicted molar refractivity (Wildman–Crippen MR) is 107 cm³/mol. The van der Waals surface area contributed by atoms with Crippen LogP contribution in [0.1, 0.15) is 45.1 Å². The molecule has 5 nitrogen and oxygen atoms in total. The molecule has 0 amide bonds. The summed E-state index contributed by atoms with van der Waals surface area (Å²) in [6, 6.07) is 4.35. The van der Waals surface area contributed by atoms with Crippen molar-refractivity contribution in [2.75, 3.05) is 31.3 Å². The molecule has 27 heavy (non-hydrogen) atoms. The fourth-order valence-electron chi connectivity index (χ4n) is 4.50. The Labute approximate surface area is 162 Å². The smallest absolute Gasteiger partial charge is 0.231 e. The monoisotopic (exact) mass is 369 g/mol. The first kappa shape index (κ1) is 18.4. The first-order valence-electron chi connectivity index (χ1n) is 10.3. The number of piperidine rings is 1. The number of rotatable bonds is 5. The summed E-state index contributed by atoms with van der Waals surface area (Å²) in [6.45, 7) is 8.93. The molecule has 0 spiro atoms. The Morgan fingerprint density at radius 3 is 2.89 bits per heavy atom. The first-order chi connectivity index (χ1) is 13.2. The van der Waals surface area contributed by atoms with Gasteiger partial charge in [-0.25, -0.2) is 4.98 Å². The molecule has 1 N–H and O–H groups in total. The van der Waals surface area contributed by atoms with Gasteiger partial charge in [0.25, 0.3) is 0 Å². The van der Waals surface area contributed by atoms with E-state index in [1.54, 1.807) is 0 Å². The third kappa shape index (κ3) is 4.46. The van der Waals surface area contributed by atoms with Gasteiger partial charge in [-0.05, 0) is 66.9 Å². The Balaban J connectivity index is 1.37. The quantitative estimate of drug-likeness (QED) is 0.851. The highest BCUT2D eigenvalue weighted by atomic mass is 16.7. The molecule has 1 aliphatic carbocycles. The van der Waals surface area contributed by atoms with Gasteiger partial charge >= 0.3 is 0 Å². The van der Waals surface area contributed by atoms with E-state index in [1.807, 2.05) is 6.20 Å². The van der Waals surface area contributed by atoms with E-state index in [2.05, 4.69) is 47.3 Å². The van der Waals surface area contributed by atoms with Crippen molar-refractivity contribution in [2.24, 2.45) is 11.8 Å². The normalized spacial score (nSPS) is 25.4. The summed E-state index contributed by atoms with van der Waals surface area (Å²) < 4.78 is 11.3.